The number of fused-ring (bicyclic) bond motifs is 1. The zero-order chi connectivity index (χ0) is 23.9. The molecule has 8 nitrogen and oxygen atoms in total. The zero-order valence-corrected chi connectivity index (χ0v) is 20.1. The van der Waals surface area contributed by atoms with Gasteiger partial charge in [0.2, 0.25) is 0 Å². The van der Waals surface area contributed by atoms with Gasteiger partial charge in [0.25, 0.3) is 10.2 Å². The number of nitrogens with one attached hydrogen (secondary N) is 1. The number of halogens is 1. The van der Waals surface area contributed by atoms with Crippen LogP contribution in [-0.2, 0) is 10.2 Å². The largest absolute Gasteiger partial charge is 0.496 e. The number of H-pyrrole nitrogens is 1. The number of benzene rings is 1. The molecular formula is C24H28FN5O3S. The van der Waals surface area contributed by atoms with Crippen molar-refractivity contribution < 1.29 is 17.5 Å². The van der Waals surface area contributed by atoms with Crippen LogP contribution in [0.15, 0.2) is 42.6 Å². The van der Waals surface area contributed by atoms with E-state index >= 15 is 0 Å². The molecule has 1 saturated heterocycles. The first kappa shape index (κ1) is 23.0. The van der Waals surface area contributed by atoms with E-state index in [2.05, 4.69) is 14.9 Å². The van der Waals surface area contributed by atoms with Gasteiger partial charge in [-0.3, -0.25) is 0 Å². The van der Waals surface area contributed by atoms with Crippen LogP contribution < -0.4 is 4.74 Å². The summed E-state index contributed by atoms with van der Waals surface area (Å²) in [6.45, 7) is 3.28. The fourth-order valence-electron chi connectivity index (χ4n) is 4.61. The lowest BCUT2D eigenvalue weighted by molar-refractivity contribution is 0.212. The number of ether oxygens (including phenoxy) is 1. The average molecular weight is 486 g/mol. The minimum absolute atomic E-state index is 0.331. The van der Waals surface area contributed by atoms with Gasteiger partial charge in [0.1, 0.15) is 17.2 Å². The molecule has 0 spiro atoms. The molecule has 2 aromatic heterocycles. The Morgan fingerprint density at radius 2 is 1.82 bits per heavy atom. The van der Waals surface area contributed by atoms with E-state index < -0.39 is 10.2 Å². The Hall–Kier alpha value is -2.79. The molecule has 180 valence electrons. The molecule has 0 amide bonds. The Morgan fingerprint density at radius 1 is 1.03 bits per heavy atom. The molecule has 3 aromatic rings. The first-order valence-electron chi connectivity index (χ1n) is 11.3. The highest BCUT2D eigenvalue weighted by atomic mass is 32.2. The Morgan fingerprint density at radius 3 is 2.53 bits per heavy atom. The third kappa shape index (κ3) is 4.22. The molecule has 2 aliphatic rings. The smallest absolute Gasteiger partial charge is 0.282 e. The molecule has 10 heteroatoms. The van der Waals surface area contributed by atoms with E-state index in [4.69, 9.17) is 4.74 Å². The van der Waals surface area contributed by atoms with E-state index in [0.717, 1.165) is 35.3 Å². The Kier molecular flexibility index (Phi) is 6.15. The quantitative estimate of drug-likeness (QED) is 0.601. The zero-order valence-electron chi connectivity index (χ0n) is 19.3. The summed E-state index contributed by atoms with van der Waals surface area (Å²) in [6, 6.07) is 8.29. The molecule has 0 radical (unpaired) electrons. The second-order valence-electron chi connectivity index (χ2n) is 8.70. The van der Waals surface area contributed by atoms with E-state index in [0.29, 0.717) is 49.6 Å². The summed E-state index contributed by atoms with van der Waals surface area (Å²) in [6.07, 6.45) is 4.24. The van der Waals surface area contributed by atoms with Crippen molar-refractivity contribution in [1.82, 2.24) is 23.5 Å². The van der Waals surface area contributed by atoms with E-state index in [1.807, 2.05) is 25.3 Å². The number of methoxy groups -OCH3 is 1. The lowest BCUT2D eigenvalue weighted by Gasteiger charge is -2.36. The summed E-state index contributed by atoms with van der Waals surface area (Å²) in [5.74, 6) is 0.242. The van der Waals surface area contributed by atoms with Crippen molar-refractivity contribution in [2.45, 2.75) is 6.42 Å². The number of likely N-dealkylation sites (N-methyl/N-ethyl adjacent to an activating group) is 1. The summed E-state index contributed by atoms with van der Waals surface area (Å²) in [4.78, 5) is 9.94. The third-order valence-corrected chi connectivity index (χ3v) is 8.62. The molecule has 5 rings (SSSR count). The number of hydrogen-bond donors (Lipinski definition) is 1. The number of aromatic amines is 1. The van der Waals surface area contributed by atoms with E-state index in [1.54, 1.807) is 28.0 Å². The van der Waals surface area contributed by atoms with E-state index in [1.165, 1.54) is 12.1 Å². The number of rotatable bonds is 5. The van der Waals surface area contributed by atoms with Gasteiger partial charge >= 0.3 is 0 Å². The van der Waals surface area contributed by atoms with Gasteiger partial charge in [-0.2, -0.15) is 17.0 Å². The number of hydrogen-bond acceptors (Lipinski definition) is 5. The minimum atomic E-state index is -3.47. The molecule has 0 unspecified atom stereocenters. The molecular weight excluding hydrogens is 457 g/mol. The summed E-state index contributed by atoms with van der Waals surface area (Å²) in [5.41, 5.74) is 4.09. The highest BCUT2D eigenvalue weighted by molar-refractivity contribution is 7.86. The lowest BCUT2D eigenvalue weighted by Crippen LogP contribution is -2.52. The van der Waals surface area contributed by atoms with Crippen LogP contribution in [0.3, 0.4) is 0 Å². The molecule has 1 fully saturated rings. The third-order valence-electron chi connectivity index (χ3n) is 6.62. The Labute approximate surface area is 198 Å². The highest BCUT2D eigenvalue weighted by Gasteiger charge is 2.32. The van der Waals surface area contributed by atoms with Crippen LogP contribution in [0.2, 0.25) is 0 Å². The van der Waals surface area contributed by atoms with Crippen LogP contribution in [0.5, 0.6) is 5.75 Å². The van der Waals surface area contributed by atoms with Gasteiger partial charge < -0.3 is 14.6 Å². The summed E-state index contributed by atoms with van der Waals surface area (Å²) in [7, 11) is 0.0969. The van der Waals surface area contributed by atoms with Crippen molar-refractivity contribution in [3.8, 4) is 16.9 Å². The first-order chi connectivity index (χ1) is 16.4. The first-order valence-corrected chi connectivity index (χ1v) is 12.7. The molecule has 0 bridgehead atoms. The maximum Gasteiger partial charge on any atom is 0.282 e. The number of nitrogens with zero attached hydrogens (tertiary/aromatic N) is 4. The Bertz CT molecular complexity index is 1350. The molecule has 2 aliphatic heterocycles. The van der Waals surface area contributed by atoms with Gasteiger partial charge in [0.05, 0.1) is 7.11 Å². The van der Waals surface area contributed by atoms with Crippen molar-refractivity contribution in [3.63, 3.8) is 0 Å². The van der Waals surface area contributed by atoms with E-state index in [-0.39, 0.29) is 5.82 Å². The van der Waals surface area contributed by atoms with Crippen LogP contribution in [-0.4, -0.2) is 85.3 Å². The van der Waals surface area contributed by atoms with Gasteiger partial charge in [-0.25, -0.2) is 9.37 Å². The van der Waals surface area contributed by atoms with Crippen LogP contribution in [0.4, 0.5) is 4.39 Å². The van der Waals surface area contributed by atoms with Crippen molar-refractivity contribution in [2.75, 3.05) is 53.4 Å². The topological polar surface area (TPSA) is 81.8 Å². The highest BCUT2D eigenvalue weighted by Crippen LogP contribution is 2.36. The number of pyridine rings is 1. The Balaban J connectivity index is 1.42. The second kappa shape index (κ2) is 9.10. The van der Waals surface area contributed by atoms with Gasteiger partial charge in [-0.05, 0) is 54.9 Å². The van der Waals surface area contributed by atoms with Crippen molar-refractivity contribution in [1.29, 1.82) is 0 Å². The maximum atomic E-state index is 14.0. The molecule has 34 heavy (non-hydrogen) atoms. The lowest BCUT2D eigenvalue weighted by atomic mass is 10.0. The number of aromatic nitrogens is 2. The van der Waals surface area contributed by atoms with Crippen LogP contribution in [0.1, 0.15) is 12.1 Å². The summed E-state index contributed by atoms with van der Waals surface area (Å²) >= 11 is 0. The van der Waals surface area contributed by atoms with E-state index in [9.17, 15) is 12.8 Å². The molecule has 1 N–H and O–H groups in total. The fourth-order valence-corrected chi connectivity index (χ4v) is 6.15. The maximum absolute atomic E-state index is 14.0. The predicted octanol–water partition coefficient (Wildman–Crippen LogP) is 2.96. The second-order valence-corrected chi connectivity index (χ2v) is 10.6. The monoisotopic (exact) mass is 485 g/mol. The SMILES string of the molecule is COc1ccc(F)cc1-c1ccnc2[nH]c(C3=CCN(S(=O)(=O)N4CCN(C)CC4)CC3)cc12. The van der Waals surface area contributed by atoms with Crippen molar-refractivity contribution in [2.24, 2.45) is 0 Å². The minimum Gasteiger partial charge on any atom is -0.496 e. The molecule has 0 aliphatic carbocycles. The summed E-state index contributed by atoms with van der Waals surface area (Å²) < 4.78 is 48.7. The van der Waals surface area contributed by atoms with Crippen molar-refractivity contribution >= 4 is 26.8 Å². The van der Waals surface area contributed by atoms with Crippen LogP contribution in [0, 0.1) is 5.82 Å². The summed E-state index contributed by atoms with van der Waals surface area (Å²) in [5, 5.41) is 0.856. The molecule has 0 atom stereocenters. The fraction of sp³-hybridized carbons (Fsp3) is 0.375. The normalized spacial score (nSPS) is 18.9. The molecule has 4 heterocycles. The van der Waals surface area contributed by atoms with Gasteiger partial charge in [0.15, 0.2) is 0 Å². The number of piperazine rings is 1. The van der Waals surface area contributed by atoms with Crippen LogP contribution in [0.25, 0.3) is 27.7 Å². The standard InChI is InChI=1S/C24H28FN5O3S/c1-28-11-13-30(14-12-28)34(31,32)29-9-6-17(7-10-29)22-16-21-19(5-8-26-24(21)27-22)20-15-18(25)3-4-23(20)33-2/h3-6,8,15-16H,7,9-14H2,1-2H3,(H,26,27). The average Bonchev–Trinajstić information content (AvgIpc) is 3.29. The predicted molar refractivity (Wildman–Crippen MR) is 130 cm³/mol. The van der Waals surface area contributed by atoms with Gasteiger partial charge in [0, 0.05) is 62.1 Å². The van der Waals surface area contributed by atoms with Crippen LogP contribution >= 0.6 is 0 Å². The molecule has 1 aromatic carbocycles. The molecule has 0 saturated carbocycles. The van der Waals surface area contributed by atoms with Crippen molar-refractivity contribution in [3.05, 3.63) is 54.1 Å². The van der Waals surface area contributed by atoms with Gasteiger partial charge in [-0.1, -0.05) is 6.08 Å². The van der Waals surface area contributed by atoms with Gasteiger partial charge in [-0.15, -0.1) is 0 Å².